The number of hydrogen-bond acceptors (Lipinski definition) is 0. The number of benzene rings is 1. The topological polar surface area (TPSA) is 0 Å². The van der Waals surface area contributed by atoms with Crippen LogP contribution in [-0.2, 0) is 0 Å². The SMILES string of the molecule is [CH2]c1cc(F)c(C)c(F)c1F. The summed E-state index contributed by atoms with van der Waals surface area (Å²) in [6.45, 7) is 4.30. The summed E-state index contributed by atoms with van der Waals surface area (Å²) in [4.78, 5) is 0. The Morgan fingerprint density at radius 3 is 2.27 bits per heavy atom. The first-order valence-corrected chi connectivity index (χ1v) is 3.00. The summed E-state index contributed by atoms with van der Waals surface area (Å²) in [6.07, 6.45) is 0. The highest BCUT2D eigenvalue weighted by atomic mass is 19.2. The van der Waals surface area contributed by atoms with Gasteiger partial charge in [-0.1, -0.05) is 0 Å². The van der Waals surface area contributed by atoms with Crippen LogP contribution in [0.1, 0.15) is 11.1 Å². The number of rotatable bonds is 0. The van der Waals surface area contributed by atoms with E-state index in [0.29, 0.717) is 0 Å². The van der Waals surface area contributed by atoms with Gasteiger partial charge in [0.15, 0.2) is 11.6 Å². The average molecular weight is 159 g/mol. The normalized spacial score (nSPS) is 10.3. The quantitative estimate of drug-likeness (QED) is 0.510. The molecule has 1 aromatic rings. The van der Waals surface area contributed by atoms with Crippen LogP contribution in [0.2, 0.25) is 0 Å². The maximum atomic E-state index is 12.6. The predicted molar refractivity (Wildman–Crippen MR) is 35.5 cm³/mol. The summed E-state index contributed by atoms with van der Waals surface area (Å²) in [5, 5.41) is 0. The molecule has 3 heteroatoms. The van der Waals surface area contributed by atoms with Gasteiger partial charge < -0.3 is 0 Å². The molecule has 0 amide bonds. The van der Waals surface area contributed by atoms with Crippen LogP contribution >= 0.6 is 0 Å². The molecule has 0 fully saturated rings. The van der Waals surface area contributed by atoms with Gasteiger partial charge in [0.2, 0.25) is 0 Å². The summed E-state index contributed by atoms with van der Waals surface area (Å²) in [6, 6.07) is 0.869. The van der Waals surface area contributed by atoms with Gasteiger partial charge >= 0.3 is 0 Å². The molecule has 0 aliphatic heterocycles. The molecule has 0 bridgehead atoms. The zero-order chi connectivity index (χ0) is 8.59. The zero-order valence-electron chi connectivity index (χ0n) is 5.92. The third-order valence-electron chi connectivity index (χ3n) is 1.46. The van der Waals surface area contributed by atoms with Crippen molar-refractivity contribution in [2.75, 3.05) is 0 Å². The van der Waals surface area contributed by atoms with E-state index in [1.54, 1.807) is 0 Å². The van der Waals surface area contributed by atoms with Crippen LogP contribution in [0.4, 0.5) is 13.2 Å². The highest BCUT2D eigenvalue weighted by Crippen LogP contribution is 2.17. The van der Waals surface area contributed by atoms with Crippen LogP contribution in [0.25, 0.3) is 0 Å². The van der Waals surface area contributed by atoms with Crippen molar-refractivity contribution in [3.8, 4) is 0 Å². The molecule has 0 N–H and O–H groups in total. The van der Waals surface area contributed by atoms with Crippen molar-refractivity contribution >= 4 is 0 Å². The Morgan fingerprint density at radius 2 is 1.73 bits per heavy atom. The van der Waals surface area contributed by atoms with E-state index in [4.69, 9.17) is 0 Å². The van der Waals surface area contributed by atoms with Gasteiger partial charge in [-0.05, 0) is 25.5 Å². The van der Waals surface area contributed by atoms with Crippen LogP contribution in [0.3, 0.4) is 0 Å². The van der Waals surface area contributed by atoms with Gasteiger partial charge in [-0.25, -0.2) is 13.2 Å². The third-order valence-corrected chi connectivity index (χ3v) is 1.46. The van der Waals surface area contributed by atoms with E-state index in [1.807, 2.05) is 0 Å². The van der Waals surface area contributed by atoms with Crippen molar-refractivity contribution in [1.82, 2.24) is 0 Å². The first-order chi connectivity index (χ1) is 5.04. The van der Waals surface area contributed by atoms with Gasteiger partial charge in [0.05, 0.1) is 0 Å². The number of halogens is 3. The smallest absolute Gasteiger partial charge is 0.164 e. The van der Waals surface area contributed by atoms with Crippen molar-refractivity contribution in [2.45, 2.75) is 6.92 Å². The van der Waals surface area contributed by atoms with E-state index in [2.05, 4.69) is 6.92 Å². The van der Waals surface area contributed by atoms with Gasteiger partial charge in [-0.15, -0.1) is 0 Å². The van der Waals surface area contributed by atoms with Crippen LogP contribution in [-0.4, -0.2) is 0 Å². The molecular formula is C8H6F3. The highest BCUT2D eigenvalue weighted by molar-refractivity contribution is 5.28. The van der Waals surface area contributed by atoms with E-state index in [-0.39, 0.29) is 11.1 Å². The molecule has 0 aliphatic rings. The zero-order valence-corrected chi connectivity index (χ0v) is 5.92. The fourth-order valence-electron chi connectivity index (χ4n) is 0.735. The minimum Gasteiger partial charge on any atom is -0.207 e. The van der Waals surface area contributed by atoms with Gasteiger partial charge in [-0.2, -0.15) is 0 Å². The molecule has 1 aromatic carbocycles. The van der Waals surface area contributed by atoms with Crippen molar-refractivity contribution in [1.29, 1.82) is 0 Å². The molecule has 11 heavy (non-hydrogen) atoms. The van der Waals surface area contributed by atoms with Gasteiger partial charge in [0, 0.05) is 5.56 Å². The Hall–Kier alpha value is -0.990. The lowest BCUT2D eigenvalue weighted by atomic mass is 10.1. The Balaban J connectivity index is 3.46. The van der Waals surface area contributed by atoms with E-state index in [9.17, 15) is 13.2 Å². The maximum Gasteiger partial charge on any atom is 0.164 e. The van der Waals surface area contributed by atoms with Crippen LogP contribution in [0.15, 0.2) is 6.07 Å². The summed E-state index contributed by atoms with van der Waals surface area (Å²) >= 11 is 0. The Labute approximate surface area is 62.7 Å². The molecule has 1 rings (SSSR count). The maximum absolute atomic E-state index is 12.6. The second kappa shape index (κ2) is 2.57. The lowest BCUT2D eigenvalue weighted by Crippen LogP contribution is -1.96. The summed E-state index contributed by atoms with van der Waals surface area (Å²) in [7, 11) is 0. The molecule has 0 atom stereocenters. The Bertz CT molecular complexity index is 266. The highest BCUT2D eigenvalue weighted by Gasteiger charge is 2.12. The fourth-order valence-corrected chi connectivity index (χ4v) is 0.735. The molecule has 1 radical (unpaired) electrons. The molecule has 0 unspecified atom stereocenters. The first kappa shape index (κ1) is 8.11. The molecule has 0 nitrogen and oxygen atoms in total. The molecule has 0 aliphatic carbocycles. The molecule has 0 spiro atoms. The van der Waals surface area contributed by atoms with E-state index >= 15 is 0 Å². The molecule has 0 aromatic heterocycles. The molecule has 0 saturated heterocycles. The number of hydrogen-bond donors (Lipinski definition) is 0. The first-order valence-electron chi connectivity index (χ1n) is 3.00. The van der Waals surface area contributed by atoms with E-state index < -0.39 is 17.5 Å². The van der Waals surface area contributed by atoms with Crippen molar-refractivity contribution < 1.29 is 13.2 Å². The van der Waals surface area contributed by atoms with E-state index in [1.165, 1.54) is 6.92 Å². The summed E-state index contributed by atoms with van der Waals surface area (Å²) in [5.41, 5.74) is -0.569. The van der Waals surface area contributed by atoms with Crippen molar-refractivity contribution in [3.63, 3.8) is 0 Å². The van der Waals surface area contributed by atoms with Crippen LogP contribution in [0.5, 0.6) is 0 Å². The fraction of sp³-hybridized carbons (Fsp3) is 0.125. The lowest BCUT2D eigenvalue weighted by Gasteiger charge is -2.01. The van der Waals surface area contributed by atoms with Gasteiger partial charge in [-0.3, -0.25) is 0 Å². The molecule has 0 saturated carbocycles. The second-order valence-electron chi connectivity index (χ2n) is 2.27. The summed E-state index contributed by atoms with van der Waals surface area (Å²) in [5.74, 6) is -3.01. The Morgan fingerprint density at radius 1 is 1.18 bits per heavy atom. The molecular weight excluding hydrogens is 153 g/mol. The van der Waals surface area contributed by atoms with Crippen LogP contribution < -0.4 is 0 Å². The second-order valence-corrected chi connectivity index (χ2v) is 2.27. The molecule has 0 heterocycles. The third kappa shape index (κ3) is 1.23. The minimum atomic E-state index is -1.16. The largest absolute Gasteiger partial charge is 0.207 e. The van der Waals surface area contributed by atoms with Gasteiger partial charge in [0.1, 0.15) is 5.82 Å². The van der Waals surface area contributed by atoms with Gasteiger partial charge in [0.25, 0.3) is 0 Å². The van der Waals surface area contributed by atoms with Crippen molar-refractivity contribution in [3.05, 3.63) is 41.6 Å². The minimum absolute atomic E-state index is 0.259. The van der Waals surface area contributed by atoms with Crippen LogP contribution in [0, 0.1) is 31.3 Å². The van der Waals surface area contributed by atoms with E-state index in [0.717, 1.165) is 6.07 Å². The summed E-state index contributed by atoms with van der Waals surface area (Å²) < 4.78 is 37.7. The Kier molecular flexibility index (Phi) is 1.89. The monoisotopic (exact) mass is 159 g/mol. The van der Waals surface area contributed by atoms with Crippen molar-refractivity contribution in [2.24, 2.45) is 0 Å². The lowest BCUT2D eigenvalue weighted by molar-refractivity contribution is 0.483. The average Bonchev–Trinajstić information content (AvgIpc) is 1.97. The molecule has 59 valence electrons. The standard InChI is InChI=1S/C8H6F3/c1-4-3-6(9)5(2)8(11)7(4)10/h3H,1H2,2H3. The predicted octanol–water partition coefficient (Wildman–Crippen LogP) is 2.59.